The number of aromatic amines is 1. The van der Waals surface area contributed by atoms with Crippen LogP contribution in [0.15, 0.2) is 48.9 Å². The van der Waals surface area contributed by atoms with Crippen molar-refractivity contribution < 1.29 is 0 Å². The molecule has 3 aromatic heterocycles. The minimum Gasteiger partial charge on any atom is -0.383 e. The van der Waals surface area contributed by atoms with E-state index in [1.165, 1.54) is 5.69 Å². The molecule has 4 aromatic rings. The van der Waals surface area contributed by atoms with Crippen molar-refractivity contribution in [1.82, 2.24) is 30.2 Å². The number of aromatic nitrogens is 4. The van der Waals surface area contributed by atoms with Crippen LogP contribution < -0.4 is 16.0 Å². The van der Waals surface area contributed by atoms with Gasteiger partial charge >= 0.3 is 0 Å². The van der Waals surface area contributed by atoms with Gasteiger partial charge in [0.2, 0.25) is 0 Å². The maximum Gasteiger partial charge on any atom is 0.157 e. The molecule has 0 radical (unpaired) electrons. The van der Waals surface area contributed by atoms with E-state index >= 15 is 0 Å². The summed E-state index contributed by atoms with van der Waals surface area (Å²) in [6.07, 6.45) is 5.31. The van der Waals surface area contributed by atoms with Gasteiger partial charge in [-0.1, -0.05) is 34.6 Å². The van der Waals surface area contributed by atoms with Crippen molar-refractivity contribution in [3.8, 4) is 11.1 Å². The van der Waals surface area contributed by atoms with Crippen LogP contribution in [0.25, 0.3) is 22.2 Å². The molecule has 216 valence electrons. The molecule has 9 heteroatoms. The van der Waals surface area contributed by atoms with Crippen LogP contribution in [0, 0.1) is 12.3 Å². The fourth-order valence-electron chi connectivity index (χ4n) is 4.05. The van der Waals surface area contributed by atoms with Gasteiger partial charge in [0.05, 0.1) is 11.0 Å². The zero-order valence-corrected chi connectivity index (χ0v) is 25.5. The minimum atomic E-state index is 0.217. The zero-order valence-electron chi connectivity index (χ0n) is 25.5. The number of likely N-dealkylation sites (N-methyl/N-ethyl adjacent to an activating group) is 1. The van der Waals surface area contributed by atoms with E-state index in [4.69, 9.17) is 11.1 Å². The summed E-state index contributed by atoms with van der Waals surface area (Å²) in [6.45, 7) is 17.2. The second-order valence-electron chi connectivity index (χ2n) is 9.07. The topological polar surface area (TPSA) is 123 Å². The molecular formula is C31H47N9. The Morgan fingerprint density at radius 3 is 2.27 bits per heavy atom. The second-order valence-corrected chi connectivity index (χ2v) is 9.07. The first-order chi connectivity index (χ1) is 19.4. The van der Waals surface area contributed by atoms with Crippen molar-refractivity contribution in [2.75, 3.05) is 57.5 Å². The van der Waals surface area contributed by atoms with Crippen LogP contribution in [-0.2, 0) is 0 Å². The standard InChI is InChI=1S/C24H26N8.C3H9N.2C2H6/c1-15-9-16(13-27-12-15)17-10-19(23(26)28-14-17)22(25)24-29-20-4-3-18(11-21(20)30-24)32-7-5-31(2)6-8-32;1-3-4-2;2*1-2/h3-4,9-14,25H,5-8H2,1-2H3,(H2,26,28)(H,29,30);4H,3H2,1-2H3;2*1-2H3. The molecule has 40 heavy (non-hydrogen) atoms. The number of aryl methyl sites for hydroxylation is 1. The first-order valence-electron chi connectivity index (χ1n) is 14.2. The molecule has 1 fully saturated rings. The molecule has 1 aliphatic heterocycles. The van der Waals surface area contributed by atoms with E-state index in [1.54, 1.807) is 12.4 Å². The average Bonchev–Trinajstić information content (AvgIpc) is 3.43. The number of pyridine rings is 2. The second kappa shape index (κ2) is 16.3. The van der Waals surface area contributed by atoms with E-state index < -0.39 is 0 Å². The molecule has 1 aliphatic rings. The quantitative estimate of drug-likeness (QED) is 0.249. The molecule has 0 aliphatic carbocycles. The number of nitrogens with two attached hydrogens (primary N) is 1. The summed E-state index contributed by atoms with van der Waals surface area (Å²) in [7, 11) is 4.08. The number of fused-ring (bicyclic) bond motifs is 1. The van der Waals surface area contributed by atoms with Crippen molar-refractivity contribution in [2.24, 2.45) is 0 Å². The van der Waals surface area contributed by atoms with E-state index in [-0.39, 0.29) is 5.71 Å². The van der Waals surface area contributed by atoms with E-state index in [0.29, 0.717) is 17.2 Å². The van der Waals surface area contributed by atoms with Gasteiger partial charge < -0.3 is 25.8 Å². The van der Waals surface area contributed by atoms with Gasteiger partial charge in [-0.15, -0.1) is 0 Å². The largest absolute Gasteiger partial charge is 0.383 e. The van der Waals surface area contributed by atoms with Gasteiger partial charge in [0.15, 0.2) is 5.82 Å². The number of imidazole rings is 1. The SMILES string of the molecule is CC.CC.CCNC.Cc1cncc(-c2cnc(N)c(C(=N)c3nc4ccc(N5CCN(C)CC5)cc4[nH]3)c2)c1. The number of rotatable bonds is 5. The number of nitrogen functional groups attached to an aromatic ring is 1. The Bertz CT molecular complexity index is 1340. The number of anilines is 2. The summed E-state index contributed by atoms with van der Waals surface area (Å²) < 4.78 is 0. The summed E-state index contributed by atoms with van der Waals surface area (Å²) in [5.74, 6) is 0.779. The van der Waals surface area contributed by atoms with Crippen molar-refractivity contribution in [2.45, 2.75) is 41.5 Å². The molecule has 1 aromatic carbocycles. The fraction of sp³-hybridized carbons (Fsp3) is 0.419. The number of hydrogen-bond donors (Lipinski definition) is 4. The summed E-state index contributed by atoms with van der Waals surface area (Å²) >= 11 is 0. The summed E-state index contributed by atoms with van der Waals surface area (Å²) in [4.78, 5) is 21.3. The van der Waals surface area contributed by atoms with Crippen molar-refractivity contribution in [3.05, 3.63) is 65.9 Å². The highest BCUT2D eigenvalue weighted by atomic mass is 15.2. The highest BCUT2D eigenvalue weighted by Crippen LogP contribution is 2.26. The van der Waals surface area contributed by atoms with Gasteiger partial charge in [0, 0.05) is 67.1 Å². The first-order valence-corrected chi connectivity index (χ1v) is 14.2. The van der Waals surface area contributed by atoms with Crippen LogP contribution in [0.1, 0.15) is 51.6 Å². The molecule has 0 atom stereocenters. The Balaban J connectivity index is 0.000000634. The summed E-state index contributed by atoms with van der Waals surface area (Å²) in [5, 5.41) is 11.7. The van der Waals surface area contributed by atoms with Gasteiger partial charge in [-0.2, -0.15) is 0 Å². The predicted molar refractivity (Wildman–Crippen MR) is 171 cm³/mol. The monoisotopic (exact) mass is 545 g/mol. The molecule has 0 amide bonds. The molecular weight excluding hydrogens is 498 g/mol. The number of piperazine rings is 1. The normalized spacial score (nSPS) is 12.8. The van der Waals surface area contributed by atoms with Gasteiger partial charge in [-0.25, -0.2) is 9.97 Å². The lowest BCUT2D eigenvalue weighted by Crippen LogP contribution is -2.44. The molecule has 0 spiro atoms. The van der Waals surface area contributed by atoms with Gasteiger partial charge in [-0.3, -0.25) is 10.4 Å². The fourth-order valence-corrected chi connectivity index (χ4v) is 4.05. The Labute approximate surface area is 239 Å². The lowest BCUT2D eigenvalue weighted by molar-refractivity contribution is 0.313. The highest BCUT2D eigenvalue weighted by molar-refractivity contribution is 6.12. The lowest BCUT2D eigenvalue weighted by atomic mass is 10.0. The molecule has 5 N–H and O–H groups in total. The van der Waals surface area contributed by atoms with E-state index in [2.05, 4.69) is 61.2 Å². The number of nitrogens with zero attached hydrogens (tertiary/aromatic N) is 5. The smallest absolute Gasteiger partial charge is 0.157 e. The van der Waals surface area contributed by atoms with Gasteiger partial charge in [-0.05, 0) is 63.5 Å². The Hall–Kier alpha value is -3.82. The number of benzene rings is 1. The third-order valence-electron chi connectivity index (χ3n) is 6.32. The molecule has 9 nitrogen and oxygen atoms in total. The zero-order chi connectivity index (χ0) is 29.7. The predicted octanol–water partition coefficient (Wildman–Crippen LogP) is 5.36. The number of hydrogen-bond acceptors (Lipinski definition) is 8. The molecule has 5 rings (SSSR count). The average molecular weight is 546 g/mol. The molecule has 1 saturated heterocycles. The van der Waals surface area contributed by atoms with Crippen LogP contribution in [0.3, 0.4) is 0 Å². The third kappa shape index (κ3) is 8.34. The van der Waals surface area contributed by atoms with E-state index in [0.717, 1.165) is 60.4 Å². The highest BCUT2D eigenvalue weighted by Gasteiger charge is 2.18. The maximum atomic E-state index is 8.77. The van der Waals surface area contributed by atoms with Crippen LogP contribution in [0.5, 0.6) is 0 Å². The molecule has 0 unspecified atom stereocenters. The molecule has 0 saturated carbocycles. The number of nitrogens with one attached hydrogen (secondary N) is 3. The lowest BCUT2D eigenvalue weighted by Gasteiger charge is -2.34. The minimum absolute atomic E-state index is 0.217. The molecule has 4 heterocycles. The van der Waals surface area contributed by atoms with Crippen molar-refractivity contribution >= 4 is 28.3 Å². The first kappa shape index (κ1) is 32.4. The number of H-pyrrole nitrogens is 1. The Morgan fingerprint density at radius 1 is 1.00 bits per heavy atom. The van der Waals surface area contributed by atoms with Gasteiger partial charge in [0.25, 0.3) is 0 Å². The van der Waals surface area contributed by atoms with E-state index in [1.807, 2.05) is 66.1 Å². The Morgan fingerprint density at radius 2 is 1.65 bits per heavy atom. The van der Waals surface area contributed by atoms with Crippen molar-refractivity contribution in [3.63, 3.8) is 0 Å². The van der Waals surface area contributed by atoms with Crippen molar-refractivity contribution in [1.29, 1.82) is 5.41 Å². The van der Waals surface area contributed by atoms with Crippen LogP contribution >= 0.6 is 0 Å². The third-order valence-corrected chi connectivity index (χ3v) is 6.32. The summed E-state index contributed by atoms with van der Waals surface area (Å²) in [5.41, 5.74) is 12.7. The van der Waals surface area contributed by atoms with Crippen LogP contribution in [-0.4, -0.2) is 77.4 Å². The Kier molecular flexibility index (Phi) is 13.2. The van der Waals surface area contributed by atoms with Crippen LogP contribution in [0.2, 0.25) is 0 Å². The molecule has 0 bridgehead atoms. The van der Waals surface area contributed by atoms with E-state index in [9.17, 15) is 0 Å². The summed E-state index contributed by atoms with van der Waals surface area (Å²) in [6, 6.07) is 10.1. The van der Waals surface area contributed by atoms with Gasteiger partial charge in [0.1, 0.15) is 11.5 Å². The van der Waals surface area contributed by atoms with Crippen LogP contribution in [0.4, 0.5) is 11.5 Å². The maximum absolute atomic E-state index is 8.77.